The Hall–Kier alpha value is -1.59. The number of nitrogens with zero attached hydrogens (tertiary/aromatic N) is 1. The molecule has 0 aromatic heterocycles. The fourth-order valence-corrected chi connectivity index (χ4v) is 2.39. The van der Waals surface area contributed by atoms with E-state index in [9.17, 15) is 9.90 Å². The topological polar surface area (TPSA) is 75.8 Å². The molecular weight excluding hydrogens is 244 g/mol. The number of aliphatic hydroxyl groups is 1. The number of nitrogens with two attached hydrogens (primary N) is 1. The fraction of sp³-hybridized carbons (Fsp3) is 0.500. The van der Waals surface area contributed by atoms with E-state index in [0.717, 1.165) is 18.4 Å². The number of hydrogen-bond donors (Lipinski definition) is 2. The summed E-state index contributed by atoms with van der Waals surface area (Å²) >= 11 is 0. The van der Waals surface area contributed by atoms with Crippen LogP contribution in [0.25, 0.3) is 0 Å². The first-order valence-corrected chi connectivity index (χ1v) is 6.57. The Kier molecular flexibility index (Phi) is 4.76. The number of likely N-dealkylation sites (tertiary alicyclic amines) is 1. The van der Waals surface area contributed by atoms with Crippen LogP contribution >= 0.6 is 0 Å². The number of para-hydroxylation sites is 1. The first-order valence-electron chi connectivity index (χ1n) is 6.57. The van der Waals surface area contributed by atoms with Gasteiger partial charge in [0, 0.05) is 18.7 Å². The van der Waals surface area contributed by atoms with Gasteiger partial charge in [0.05, 0.1) is 12.6 Å². The summed E-state index contributed by atoms with van der Waals surface area (Å²) in [4.78, 5) is 13.7. The molecule has 1 aliphatic heterocycles. The minimum Gasteiger partial charge on any atom is -0.483 e. The highest BCUT2D eigenvalue weighted by Gasteiger charge is 2.28. The van der Waals surface area contributed by atoms with Crippen LogP contribution in [0.3, 0.4) is 0 Å². The van der Waals surface area contributed by atoms with Crippen LogP contribution in [-0.4, -0.2) is 41.7 Å². The van der Waals surface area contributed by atoms with Crippen molar-refractivity contribution in [1.29, 1.82) is 0 Å². The zero-order chi connectivity index (χ0) is 13.7. The molecule has 5 heteroatoms. The maximum atomic E-state index is 12.0. The predicted molar refractivity (Wildman–Crippen MR) is 71.6 cm³/mol. The minimum atomic E-state index is -0.0802. The van der Waals surface area contributed by atoms with E-state index in [1.54, 1.807) is 4.90 Å². The molecular formula is C14H20N2O3. The van der Waals surface area contributed by atoms with Crippen LogP contribution < -0.4 is 10.5 Å². The number of aliphatic hydroxyl groups excluding tert-OH is 1. The Balaban J connectivity index is 1.93. The third-order valence-electron chi connectivity index (χ3n) is 3.45. The van der Waals surface area contributed by atoms with Crippen molar-refractivity contribution in [3.05, 3.63) is 29.8 Å². The lowest BCUT2D eigenvalue weighted by Gasteiger charge is -2.23. The second-order valence-electron chi connectivity index (χ2n) is 4.67. The number of ether oxygens (including phenoxy) is 1. The van der Waals surface area contributed by atoms with Crippen molar-refractivity contribution in [2.75, 3.05) is 19.8 Å². The number of benzene rings is 1. The SMILES string of the molecule is NCc1ccccc1OCC(=O)N1CCC[C@@H]1CO. The summed E-state index contributed by atoms with van der Waals surface area (Å²) in [5.74, 6) is 0.571. The normalized spacial score (nSPS) is 18.6. The Bertz CT molecular complexity index is 436. The van der Waals surface area contributed by atoms with Gasteiger partial charge in [-0.15, -0.1) is 0 Å². The van der Waals surface area contributed by atoms with Crippen molar-refractivity contribution in [3.63, 3.8) is 0 Å². The fourth-order valence-electron chi connectivity index (χ4n) is 2.39. The number of amides is 1. The highest BCUT2D eigenvalue weighted by Crippen LogP contribution is 2.19. The lowest BCUT2D eigenvalue weighted by Crippen LogP contribution is -2.40. The van der Waals surface area contributed by atoms with Crippen molar-refractivity contribution < 1.29 is 14.6 Å². The van der Waals surface area contributed by atoms with E-state index in [1.165, 1.54) is 0 Å². The van der Waals surface area contributed by atoms with Crippen LogP contribution in [0.1, 0.15) is 18.4 Å². The van der Waals surface area contributed by atoms with Crippen molar-refractivity contribution in [3.8, 4) is 5.75 Å². The van der Waals surface area contributed by atoms with E-state index in [0.29, 0.717) is 18.8 Å². The molecule has 0 unspecified atom stereocenters. The Morgan fingerprint density at radius 2 is 2.26 bits per heavy atom. The molecule has 1 saturated heterocycles. The third kappa shape index (κ3) is 3.24. The number of rotatable bonds is 5. The van der Waals surface area contributed by atoms with E-state index >= 15 is 0 Å². The summed E-state index contributed by atoms with van der Waals surface area (Å²) in [6, 6.07) is 7.38. The molecule has 0 saturated carbocycles. The molecule has 1 amide bonds. The van der Waals surface area contributed by atoms with Crippen molar-refractivity contribution >= 4 is 5.91 Å². The van der Waals surface area contributed by atoms with E-state index in [1.807, 2.05) is 24.3 Å². The molecule has 1 heterocycles. The van der Waals surface area contributed by atoms with Crippen LogP contribution in [0.2, 0.25) is 0 Å². The zero-order valence-electron chi connectivity index (χ0n) is 10.9. The molecule has 1 aromatic carbocycles. The third-order valence-corrected chi connectivity index (χ3v) is 3.45. The quantitative estimate of drug-likeness (QED) is 0.812. The van der Waals surface area contributed by atoms with Crippen LogP contribution in [0, 0.1) is 0 Å². The average Bonchev–Trinajstić information content (AvgIpc) is 2.93. The van der Waals surface area contributed by atoms with Gasteiger partial charge in [-0.1, -0.05) is 18.2 Å². The van der Waals surface area contributed by atoms with Gasteiger partial charge in [-0.2, -0.15) is 0 Å². The summed E-state index contributed by atoms with van der Waals surface area (Å²) in [7, 11) is 0. The van der Waals surface area contributed by atoms with Gasteiger partial charge in [0.15, 0.2) is 6.61 Å². The second kappa shape index (κ2) is 6.54. The molecule has 0 bridgehead atoms. The smallest absolute Gasteiger partial charge is 0.260 e. The highest BCUT2D eigenvalue weighted by molar-refractivity contribution is 5.78. The van der Waals surface area contributed by atoms with E-state index in [-0.39, 0.29) is 25.2 Å². The molecule has 104 valence electrons. The van der Waals surface area contributed by atoms with Crippen LogP contribution in [-0.2, 0) is 11.3 Å². The molecule has 0 radical (unpaired) electrons. The minimum absolute atomic E-state index is 0.00644. The summed E-state index contributed by atoms with van der Waals surface area (Å²) in [5.41, 5.74) is 6.50. The Morgan fingerprint density at radius 3 is 3.00 bits per heavy atom. The van der Waals surface area contributed by atoms with Gasteiger partial charge in [0.1, 0.15) is 5.75 Å². The van der Waals surface area contributed by atoms with Gasteiger partial charge < -0.3 is 20.5 Å². The largest absolute Gasteiger partial charge is 0.483 e. The summed E-state index contributed by atoms with van der Waals surface area (Å²) in [6.07, 6.45) is 1.80. The maximum Gasteiger partial charge on any atom is 0.260 e. The molecule has 0 aliphatic carbocycles. The molecule has 5 nitrogen and oxygen atoms in total. The monoisotopic (exact) mass is 264 g/mol. The molecule has 3 N–H and O–H groups in total. The Labute approximate surface area is 113 Å². The van der Waals surface area contributed by atoms with Gasteiger partial charge in [0.2, 0.25) is 0 Å². The van der Waals surface area contributed by atoms with Crippen molar-refractivity contribution in [1.82, 2.24) is 4.90 Å². The molecule has 0 spiro atoms. The molecule has 1 aromatic rings. The van der Waals surface area contributed by atoms with Crippen LogP contribution in [0.4, 0.5) is 0 Å². The Morgan fingerprint density at radius 1 is 1.47 bits per heavy atom. The molecule has 1 aliphatic rings. The lowest BCUT2D eigenvalue weighted by molar-refractivity contribution is -0.134. The molecule has 1 fully saturated rings. The predicted octanol–water partition coefficient (Wildman–Crippen LogP) is 0.507. The van der Waals surface area contributed by atoms with Crippen LogP contribution in [0.5, 0.6) is 5.75 Å². The van der Waals surface area contributed by atoms with E-state index in [2.05, 4.69) is 0 Å². The zero-order valence-corrected chi connectivity index (χ0v) is 10.9. The average molecular weight is 264 g/mol. The number of carbonyl (C=O) groups excluding carboxylic acids is 1. The molecule has 19 heavy (non-hydrogen) atoms. The molecule has 2 rings (SSSR count). The van der Waals surface area contributed by atoms with Gasteiger partial charge in [0.25, 0.3) is 5.91 Å². The first-order chi connectivity index (χ1) is 9.26. The van der Waals surface area contributed by atoms with E-state index < -0.39 is 0 Å². The van der Waals surface area contributed by atoms with Gasteiger partial charge in [-0.05, 0) is 18.9 Å². The van der Waals surface area contributed by atoms with Gasteiger partial charge in [-0.3, -0.25) is 4.79 Å². The van der Waals surface area contributed by atoms with Crippen LogP contribution in [0.15, 0.2) is 24.3 Å². The van der Waals surface area contributed by atoms with Crippen molar-refractivity contribution in [2.45, 2.75) is 25.4 Å². The molecule has 1 atom stereocenters. The summed E-state index contributed by atoms with van der Waals surface area (Å²) < 4.78 is 5.54. The highest BCUT2D eigenvalue weighted by atomic mass is 16.5. The second-order valence-corrected chi connectivity index (χ2v) is 4.67. The standard InChI is InChI=1S/C14H20N2O3/c15-8-11-4-1-2-6-13(11)19-10-14(18)16-7-3-5-12(16)9-17/h1-2,4,6,12,17H,3,5,7-10,15H2/t12-/m1/s1. The summed E-state index contributed by atoms with van der Waals surface area (Å²) in [6.45, 7) is 1.10. The first kappa shape index (κ1) is 13.8. The number of carbonyl (C=O) groups is 1. The summed E-state index contributed by atoms with van der Waals surface area (Å²) in [5, 5.41) is 9.20. The lowest BCUT2D eigenvalue weighted by atomic mass is 10.2. The maximum absolute atomic E-state index is 12.0. The van der Waals surface area contributed by atoms with Crippen molar-refractivity contribution in [2.24, 2.45) is 5.73 Å². The number of hydrogen-bond acceptors (Lipinski definition) is 4. The van der Waals surface area contributed by atoms with Gasteiger partial charge in [-0.25, -0.2) is 0 Å². The van der Waals surface area contributed by atoms with Gasteiger partial charge >= 0.3 is 0 Å². The van der Waals surface area contributed by atoms with E-state index in [4.69, 9.17) is 10.5 Å².